The molecule has 9 nitrogen and oxygen atoms in total. The Morgan fingerprint density at radius 1 is 0.750 bits per heavy atom. The zero-order valence-electron chi connectivity index (χ0n) is 28.1. The number of para-hydroxylation sites is 2. The van der Waals surface area contributed by atoms with Gasteiger partial charge in [-0.15, -0.1) is 0 Å². The molecule has 10 heteroatoms. The number of hydrogen-bond donors (Lipinski definition) is 4. The SMILES string of the molecule is Cc1ccc2cccc(NCc3c4oc5c(CNc6cccc7ccc(C)nc67)c(O)c(Cl)cc5c(-c5ccccc5C(=O)O)c-4ccc3=O)c2n1. The van der Waals surface area contributed by atoms with Crippen LogP contribution in [0.15, 0.2) is 112 Å². The number of aromatic nitrogens is 2. The fraction of sp³-hybridized carbons (Fsp3) is 0.0952. The van der Waals surface area contributed by atoms with Crippen molar-refractivity contribution < 1.29 is 19.4 Å². The number of nitrogens with zero attached hydrogens (tertiary/aromatic N) is 2. The lowest BCUT2D eigenvalue weighted by Gasteiger charge is -2.21. The Labute approximate surface area is 302 Å². The number of aromatic carboxylic acids is 1. The summed E-state index contributed by atoms with van der Waals surface area (Å²) in [6.07, 6.45) is 0. The second-order valence-electron chi connectivity index (χ2n) is 12.7. The highest BCUT2D eigenvalue weighted by atomic mass is 35.5. The van der Waals surface area contributed by atoms with Crippen molar-refractivity contribution in [3.05, 3.63) is 146 Å². The van der Waals surface area contributed by atoms with Crippen LogP contribution in [-0.2, 0) is 13.1 Å². The molecule has 0 amide bonds. The van der Waals surface area contributed by atoms with Gasteiger partial charge in [0.2, 0.25) is 0 Å². The fourth-order valence-corrected chi connectivity index (χ4v) is 7.02. The van der Waals surface area contributed by atoms with E-state index in [2.05, 4.69) is 10.6 Å². The molecule has 0 saturated carbocycles. The van der Waals surface area contributed by atoms with E-state index in [4.69, 9.17) is 26.0 Å². The number of carbonyl (C=O) groups is 1. The molecule has 0 unspecified atom stereocenters. The van der Waals surface area contributed by atoms with Crippen LogP contribution in [0.2, 0.25) is 5.02 Å². The van der Waals surface area contributed by atoms with Crippen LogP contribution in [-0.4, -0.2) is 26.2 Å². The maximum Gasteiger partial charge on any atom is 0.336 e. The van der Waals surface area contributed by atoms with E-state index in [1.165, 1.54) is 12.1 Å². The van der Waals surface area contributed by atoms with Gasteiger partial charge < -0.3 is 25.3 Å². The number of phenols is 1. The van der Waals surface area contributed by atoms with E-state index in [1.807, 2.05) is 74.5 Å². The van der Waals surface area contributed by atoms with Crippen LogP contribution in [0.3, 0.4) is 0 Å². The van der Waals surface area contributed by atoms with Gasteiger partial charge in [0.15, 0.2) is 5.43 Å². The smallest absolute Gasteiger partial charge is 0.336 e. The van der Waals surface area contributed by atoms with Crippen molar-refractivity contribution in [2.24, 2.45) is 0 Å². The number of nitrogens with one attached hydrogen (secondary N) is 2. The number of halogens is 1. The van der Waals surface area contributed by atoms with Crippen molar-refractivity contribution in [3.63, 3.8) is 0 Å². The maximum absolute atomic E-state index is 13.7. The zero-order chi connectivity index (χ0) is 36.1. The van der Waals surface area contributed by atoms with Crippen molar-refractivity contribution >= 4 is 61.7 Å². The topological polar surface area (TPSA) is 138 Å². The summed E-state index contributed by atoms with van der Waals surface area (Å²) in [7, 11) is 0. The third kappa shape index (κ3) is 5.71. The second kappa shape index (κ2) is 13.0. The van der Waals surface area contributed by atoms with E-state index in [0.717, 1.165) is 44.6 Å². The number of hydrogen-bond acceptors (Lipinski definition) is 8. The highest BCUT2D eigenvalue weighted by molar-refractivity contribution is 6.33. The molecule has 4 N–H and O–H groups in total. The molecule has 0 fully saturated rings. The highest BCUT2D eigenvalue weighted by Crippen LogP contribution is 2.47. The van der Waals surface area contributed by atoms with E-state index in [1.54, 1.807) is 30.3 Å². The predicted octanol–water partition coefficient (Wildman–Crippen LogP) is 9.56. The van der Waals surface area contributed by atoms with E-state index in [9.17, 15) is 19.8 Å². The molecular formula is C42H31ClN4O5. The summed E-state index contributed by atoms with van der Waals surface area (Å²) in [6.45, 7) is 3.98. The monoisotopic (exact) mass is 706 g/mol. The molecule has 3 heterocycles. The second-order valence-corrected chi connectivity index (χ2v) is 13.1. The lowest BCUT2D eigenvalue weighted by atomic mass is 9.88. The van der Waals surface area contributed by atoms with Crippen molar-refractivity contribution in [1.29, 1.82) is 0 Å². The summed E-state index contributed by atoms with van der Waals surface area (Å²) in [5, 5.41) is 31.0. The normalized spacial score (nSPS) is 11.4. The average Bonchev–Trinajstić information content (AvgIpc) is 3.14. The Kier molecular flexibility index (Phi) is 8.20. The molecular weight excluding hydrogens is 676 g/mol. The Bertz CT molecular complexity index is 2760. The average molecular weight is 707 g/mol. The number of benzene rings is 5. The summed E-state index contributed by atoms with van der Waals surface area (Å²) in [5.74, 6) is -1.08. The van der Waals surface area contributed by atoms with Gasteiger partial charge in [0.05, 0.1) is 44.1 Å². The summed E-state index contributed by atoms with van der Waals surface area (Å²) < 4.78 is 6.70. The third-order valence-corrected chi connectivity index (χ3v) is 9.61. The quantitative estimate of drug-likeness (QED) is 0.114. The van der Waals surface area contributed by atoms with Gasteiger partial charge in [-0.1, -0.05) is 66.2 Å². The van der Waals surface area contributed by atoms with Crippen LogP contribution in [0.1, 0.15) is 32.9 Å². The first-order valence-electron chi connectivity index (χ1n) is 16.6. The van der Waals surface area contributed by atoms with Crippen molar-refractivity contribution in [1.82, 2.24) is 9.97 Å². The first-order chi connectivity index (χ1) is 25.2. The molecule has 0 saturated heterocycles. The minimum Gasteiger partial charge on any atom is -0.506 e. The lowest BCUT2D eigenvalue weighted by molar-refractivity contribution is 0.0697. The number of fused-ring (bicyclic) bond motifs is 4. The molecule has 256 valence electrons. The summed E-state index contributed by atoms with van der Waals surface area (Å²) in [4.78, 5) is 35.7. The van der Waals surface area contributed by atoms with Crippen LogP contribution >= 0.6 is 11.6 Å². The summed E-state index contributed by atoms with van der Waals surface area (Å²) >= 11 is 6.72. The molecule has 0 bridgehead atoms. The molecule has 6 aromatic rings. The minimum absolute atomic E-state index is 0.0560. The van der Waals surface area contributed by atoms with Crippen LogP contribution in [0.4, 0.5) is 11.4 Å². The number of rotatable bonds is 8. The van der Waals surface area contributed by atoms with Crippen LogP contribution in [0, 0.1) is 13.8 Å². The largest absolute Gasteiger partial charge is 0.506 e. The van der Waals surface area contributed by atoms with Crippen molar-refractivity contribution in [2.75, 3.05) is 10.6 Å². The van der Waals surface area contributed by atoms with E-state index < -0.39 is 5.97 Å². The molecule has 52 heavy (non-hydrogen) atoms. The number of pyridine rings is 2. The molecule has 8 rings (SSSR count). The predicted molar refractivity (Wildman–Crippen MR) is 206 cm³/mol. The lowest BCUT2D eigenvalue weighted by Crippen LogP contribution is -2.15. The number of carboxylic acid groups (broad SMARTS) is 1. The molecule has 0 spiro atoms. The Morgan fingerprint density at radius 2 is 1.37 bits per heavy atom. The van der Waals surface area contributed by atoms with Gasteiger partial charge >= 0.3 is 5.97 Å². The van der Waals surface area contributed by atoms with Crippen LogP contribution < -0.4 is 16.1 Å². The minimum atomic E-state index is -1.12. The number of aromatic hydroxyl groups is 1. The van der Waals surface area contributed by atoms with Gasteiger partial charge in [0, 0.05) is 51.8 Å². The molecule has 0 atom stereocenters. The number of phenolic OH excluding ortho intramolecular Hbond substituents is 1. The molecule has 1 aliphatic heterocycles. The van der Waals surface area contributed by atoms with E-state index in [-0.39, 0.29) is 46.2 Å². The third-order valence-electron chi connectivity index (χ3n) is 9.32. The molecule has 4 aromatic carbocycles. The maximum atomic E-state index is 13.7. The number of aryl methyl sites for hydroxylation is 2. The Morgan fingerprint density at radius 3 is 2.00 bits per heavy atom. The Hall–Kier alpha value is -6.45. The van der Waals surface area contributed by atoms with E-state index >= 15 is 0 Å². The Balaban J connectivity index is 1.35. The molecule has 0 radical (unpaired) electrons. The molecule has 1 aliphatic carbocycles. The van der Waals surface area contributed by atoms with Gasteiger partial charge in [0.1, 0.15) is 17.1 Å². The van der Waals surface area contributed by atoms with Crippen LogP contribution in [0.25, 0.3) is 55.2 Å². The van der Waals surface area contributed by atoms with Crippen molar-refractivity contribution in [2.45, 2.75) is 26.9 Å². The van der Waals surface area contributed by atoms with Gasteiger partial charge in [-0.25, -0.2) is 4.79 Å². The summed E-state index contributed by atoms with van der Waals surface area (Å²) in [5.41, 5.74) is 6.79. The fourth-order valence-electron chi connectivity index (χ4n) is 6.80. The first-order valence-corrected chi connectivity index (χ1v) is 17.0. The molecule has 2 aromatic heterocycles. The van der Waals surface area contributed by atoms with Gasteiger partial charge in [-0.3, -0.25) is 14.8 Å². The standard InChI is InChI=1S/C42H31ClN4O5/c1-22-13-15-24-7-5-11-33(37(24)46-22)44-20-30-35(48)18-17-28-36(26-9-3-4-10-27(26)42(50)51)29-19-32(43)39(49)31(41(29)52-40(28)30)21-45-34-12-6-8-25-16-14-23(2)47-38(25)34/h3-19,44-45,49H,20-21H2,1-2H3,(H,50,51). The zero-order valence-corrected chi connectivity index (χ0v) is 28.9. The van der Waals surface area contributed by atoms with E-state index in [0.29, 0.717) is 33.2 Å². The highest BCUT2D eigenvalue weighted by Gasteiger charge is 2.27. The van der Waals surface area contributed by atoms with Gasteiger partial charge in [0.25, 0.3) is 0 Å². The van der Waals surface area contributed by atoms with Gasteiger partial charge in [-0.2, -0.15) is 0 Å². The van der Waals surface area contributed by atoms with Crippen molar-refractivity contribution in [3.8, 4) is 28.2 Å². The molecule has 2 aliphatic rings. The van der Waals surface area contributed by atoms with Gasteiger partial charge in [-0.05, 0) is 67.9 Å². The van der Waals surface area contributed by atoms with Crippen LogP contribution in [0.5, 0.6) is 5.75 Å². The summed E-state index contributed by atoms with van der Waals surface area (Å²) in [6, 6.07) is 30.8. The number of anilines is 2. The first kappa shape index (κ1) is 32.7. The number of carboxylic acids is 1.